The molecule has 2 unspecified atom stereocenters. The highest BCUT2D eigenvalue weighted by Crippen LogP contribution is 2.58. The molecule has 0 spiro atoms. The van der Waals surface area contributed by atoms with E-state index >= 15 is 0 Å². The van der Waals surface area contributed by atoms with Gasteiger partial charge in [-0.3, -0.25) is 4.79 Å². The van der Waals surface area contributed by atoms with E-state index in [9.17, 15) is 9.59 Å². The van der Waals surface area contributed by atoms with Crippen LogP contribution in [-0.4, -0.2) is 30.4 Å². The summed E-state index contributed by atoms with van der Waals surface area (Å²) in [6, 6.07) is 0. The molecule has 112 valence electrons. The van der Waals surface area contributed by atoms with Crippen molar-refractivity contribution in [1.29, 1.82) is 0 Å². The molecule has 5 heteroatoms. The molecule has 0 aliphatic heterocycles. The third-order valence-corrected chi connectivity index (χ3v) is 4.99. The zero-order valence-corrected chi connectivity index (χ0v) is 12.1. The molecule has 4 aliphatic rings. The highest BCUT2D eigenvalue weighted by Gasteiger charge is 2.58. The highest BCUT2D eigenvalue weighted by molar-refractivity contribution is 5.66. The van der Waals surface area contributed by atoms with E-state index in [0.717, 1.165) is 32.1 Å². The minimum atomic E-state index is -0.557. The molecule has 4 aliphatic carbocycles. The Morgan fingerprint density at radius 3 is 2.35 bits per heavy atom. The first-order chi connectivity index (χ1) is 9.51. The second-order valence-corrected chi connectivity index (χ2v) is 6.51. The summed E-state index contributed by atoms with van der Waals surface area (Å²) in [5.41, 5.74) is -0.376. The van der Waals surface area contributed by atoms with Gasteiger partial charge in [-0.2, -0.15) is 0 Å². The van der Waals surface area contributed by atoms with Crippen LogP contribution in [-0.2, 0) is 19.0 Å². The van der Waals surface area contributed by atoms with Crippen LogP contribution in [0, 0.1) is 17.8 Å². The second kappa shape index (κ2) is 4.93. The van der Waals surface area contributed by atoms with Crippen molar-refractivity contribution in [3.05, 3.63) is 0 Å². The summed E-state index contributed by atoms with van der Waals surface area (Å²) in [6.45, 7) is 3.58. The average Bonchev–Trinajstić information content (AvgIpc) is 2.32. The van der Waals surface area contributed by atoms with Gasteiger partial charge in [-0.1, -0.05) is 0 Å². The fraction of sp³-hybridized carbons (Fsp3) is 0.867. The minimum absolute atomic E-state index is 0.0166. The third-order valence-electron chi connectivity index (χ3n) is 4.99. The first kappa shape index (κ1) is 13.7. The Kier molecular flexibility index (Phi) is 3.38. The molecule has 4 rings (SSSR count). The zero-order chi connectivity index (χ0) is 14.3. The van der Waals surface area contributed by atoms with Crippen LogP contribution in [0.25, 0.3) is 0 Å². The smallest absolute Gasteiger partial charge is 0.462 e. The summed E-state index contributed by atoms with van der Waals surface area (Å²) in [5, 5.41) is 0. The molecular formula is C15H22O5. The standard InChI is InChI=1S/C15H22O5/c1-3-18-14(17)20-15-6-10-4-11(7-15)13(19-9(2)16)12(5-10)8-15/h10-13H,3-8H2,1-2H3. The Hall–Kier alpha value is -1.26. The van der Waals surface area contributed by atoms with Gasteiger partial charge in [0.25, 0.3) is 0 Å². The van der Waals surface area contributed by atoms with Crippen molar-refractivity contribution in [3.63, 3.8) is 0 Å². The molecule has 0 aromatic carbocycles. The number of carbonyl (C=O) groups excluding carboxylic acids is 2. The van der Waals surface area contributed by atoms with E-state index < -0.39 is 6.16 Å². The Labute approximate surface area is 118 Å². The molecule has 2 atom stereocenters. The summed E-state index contributed by atoms with van der Waals surface area (Å²) in [5.74, 6) is 1.05. The monoisotopic (exact) mass is 282 g/mol. The van der Waals surface area contributed by atoms with Crippen molar-refractivity contribution in [3.8, 4) is 0 Å². The maximum Gasteiger partial charge on any atom is 0.508 e. The van der Waals surface area contributed by atoms with Crippen molar-refractivity contribution >= 4 is 12.1 Å². The lowest BCUT2D eigenvalue weighted by Gasteiger charge is -2.58. The Morgan fingerprint density at radius 1 is 1.15 bits per heavy atom. The van der Waals surface area contributed by atoms with Crippen LogP contribution < -0.4 is 0 Å². The van der Waals surface area contributed by atoms with E-state index in [-0.39, 0.29) is 17.7 Å². The molecule has 4 bridgehead atoms. The van der Waals surface area contributed by atoms with Crippen LogP contribution in [0.2, 0.25) is 0 Å². The quantitative estimate of drug-likeness (QED) is 0.745. The van der Waals surface area contributed by atoms with Crippen LogP contribution >= 0.6 is 0 Å². The predicted molar refractivity (Wildman–Crippen MR) is 69.9 cm³/mol. The van der Waals surface area contributed by atoms with Crippen molar-refractivity contribution in [2.75, 3.05) is 6.61 Å². The fourth-order valence-corrected chi connectivity index (χ4v) is 4.74. The van der Waals surface area contributed by atoms with E-state index in [1.165, 1.54) is 6.92 Å². The maximum atomic E-state index is 11.7. The van der Waals surface area contributed by atoms with Crippen LogP contribution in [0.3, 0.4) is 0 Å². The molecule has 0 aromatic heterocycles. The average molecular weight is 282 g/mol. The fourth-order valence-electron chi connectivity index (χ4n) is 4.74. The molecule has 0 radical (unpaired) electrons. The minimum Gasteiger partial charge on any atom is -0.462 e. The molecule has 5 nitrogen and oxygen atoms in total. The van der Waals surface area contributed by atoms with E-state index in [4.69, 9.17) is 14.2 Å². The van der Waals surface area contributed by atoms with E-state index in [1.54, 1.807) is 6.92 Å². The second-order valence-electron chi connectivity index (χ2n) is 6.51. The Morgan fingerprint density at radius 2 is 1.80 bits per heavy atom. The van der Waals surface area contributed by atoms with E-state index in [2.05, 4.69) is 0 Å². The lowest BCUT2D eigenvalue weighted by Crippen LogP contribution is -2.59. The molecule has 20 heavy (non-hydrogen) atoms. The topological polar surface area (TPSA) is 61.8 Å². The number of carbonyl (C=O) groups is 2. The van der Waals surface area contributed by atoms with Crippen molar-refractivity contribution in [1.82, 2.24) is 0 Å². The number of esters is 1. The van der Waals surface area contributed by atoms with E-state index in [0.29, 0.717) is 24.4 Å². The molecule has 0 saturated heterocycles. The number of rotatable bonds is 3. The summed E-state index contributed by atoms with van der Waals surface area (Å²) >= 11 is 0. The Balaban J connectivity index is 1.72. The first-order valence-electron chi connectivity index (χ1n) is 7.54. The van der Waals surface area contributed by atoms with Crippen LogP contribution in [0.4, 0.5) is 4.79 Å². The number of hydrogen-bond donors (Lipinski definition) is 0. The van der Waals surface area contributed by atoms with Crippen LogP contribution in [0.15, 0.2) is 0 Å². The molecule has 0 heterocycles. The summed E-state index contributed by atoms with van der Waals surface area (Å²) in [6.07, 6.45) is 4.17. The van der Waals surface area contributed by atoms with Crippen molar-refractivity contribution in [2.24, 2.45) is 17.8 Å². The molecule has 4 fully saturated rings. The summed E-state index contributed by atoms with van der Waals surface area (Å²) in [7, 11) is 0. The van der Waals surface area contributed by atoms with Gasteiger partial charge in [-0.15, -0.1) is 0 Å². The predicted octanol–water partition coefficient (Wildman–Crippen LogP) is 2.67. The van der Waals surface area contributed by atoms with Gasteiger partial charge in [-0.05, 0) is 44.9 Å². The molecular weight excluding hydrogens is 260 g/mol. The lowest BCUT2D eigenvalue weighted by molar-refractivity contribution is -0.201. The largest absolute Gasteiger partial charge is 0.508 e. The first-order valence-corrected chi connectivity index (χ1v) is 7.54. The summed E-state index contributed by atoms with van der Waals surface area (Å²) in [4.78, 5) is 22.9. The van der Waals surface area contributed by atoms with Gasteiger partial charge in [0.1, 0.15) is 11.7 Å². The SMILES string of the molecule is CCOC(=O)OC12CC3CC(C1)C(OC(C)=O)C(C3)C2. The Bertz CT molecular complexity index is 402. The molecule has 4 saturated carbocycles. The molecule has 0 N–H and O–H groups in total. The van der Waals surface area contributed by atoms with Gasteiger partial charge in [0.2, 0.25) is 0 Å². The number of hydrogen-bond acceptors (Lipinski definition) is 5. The van der Waals surface area contributed by atoms with Gasteiger partial charge in [0.05, 0.1) is 6.61 Å². The zero-order valence-electron chi connectivity index (χ0n) is 12.1. The van der Waals surface area contributed by atoms with Crippen LogP contribution in [0.5, 0.6) is 0 Å². The summed E-state index contributed by atoms with van der Waals surface area (Å²) < 4.78 is 16.1. The maximum absolute atomic E-state index is 11.7. The normalized spacial score (nSPS) is 41.3. The lowest BCUT2D eigenvalue weighted by atomic mass is 9.53. The van der Waals surface area contributed by atoms with E-state index in [1.807, 2.05) is 0 Å². The van der Waals surface area contributed by atoms with Crippen molar-refractivity contribution < 1.29 is 23.8 Å². The van der Waals surface area contributed by atoms with Gasteiger partial charge in [0, 0.05) is 18.8 Å². The van der Waals surface area contributed by atoms with Crippen LogP contribution in [0.1, 0.15) is 46.0 Å². The highest BCUT2D eigenvalue weighted by atomic mass is 16.7. The number of ether oxygens (including phenoxy) is 3. The molecule has 0 amide bonds. The van der Waals surface area contributed by atoms with Gasteiger partial charge < -0.3 is 14.2 Å². The third kappa shape index (κ3) is 2.38. The van der Waals surface area contributed by atoms with Crippen molar-refractivity contribution in [2.45, 2.75) is 57.7 Å². The van der Waals surface area contributed by atoms with Gasteiger partial charge >= 0.3 is 12.1 Å². The van der Waals surface area contributed by atoms with Gasteiger partial charge in [-0.25, -0.2) is 4.79 Å². The van der Waals surface area contributed by atoms with Gasteiger partial charge in [0.15, 0.2) is 0 Å². The molecule has 0 aromatic rings.